The molecule has 5 aromatic carbocycles. The van der Waals surface area contributed by atoms with Crippen molar-refractivity contribution in [2.24, 2.45) is 0 Å². The third-order valence-corrected chi connectivity index (χ3v) is 9.30. The molecule has 2 heterocycles. The molecule has 7 aromatic rings. The summed E-state index contributed by atoms with van der Waals surface area (Å²) < 4.78 is 2.14. The maximum absolute atomic E-state index is 11.7. The number of hydrogen-bond donors (Lipinski definition) is 1. The Morgan fingerprint density at radius 3 is 1.98 bits per heavy atom. The minimum absolute atomic E-state index is 0.158. The predicted molar refractivity (Wildman–Crippen MR) is 204 cm³/mol. The normalized spacial score (nSPS) is 11.9. The molecule has 5 nitrogen and oxygen atoms in total. The molecule has 50 heavy (non-hydrogen) atoms. The lowest BCUT2D eigenvalue weighted by molar-refractivity contribution is 0.448. The zero-order valence-corrected chi connectivity index (χ0v) is 29.4. The molecule has 0 fully saturated rings. The Labute approximate surface area is 294 Å². The Balaban J connectivity index is 1.47. The molecule has 0 saturated heterocycles. The van der Waals surface area contributed by atoms with Gasteiger partial charge in [-0.3, -0.25) is 9.55 Å². The van der Waals surface area contributed by atoms with Crippen LogP contribution >= 0.6 is 0 Å². The molecule has 0 atom stereocenters. The number of aromatic hydroxyl groups is 1. The standard InChI is InChI=1S/C45H40N4O/c1-44(2,3)33-24-30(23-31(25-33)39-26-32(27-46)37(28-47-39)29-15-9-7-10-16-29)35-19-14-22-40-41(35)48-43(49(40)34-17-11-8-12-18-34)36-20-13-21-38(42(36)50)45(4,5)6/h7-26,28,50H,1-6H3. The van der Waals surface area contributed by atoms with Crippen molar-refractivity contribution in [2.75, 3.05) is 0 Å². The Kier molecular flexibility index (Phi) is 8.12. The number of benzene rings is 5. The van der Waals surface area contributed by atoms with Crippen LogP contribution in [0.5, 0.6) is 5.75 Å². The van der Waals surface area contributed by atoms with Crippen molar-refractivity contribution < 1.29 is 5.11 Å². The van der Waals surface area contributed by atoms with Crippen LogP contribution in [0.2, 0.25) is 0 Å². The van der Waals surface area contributed by atoms with E-state index in [1.165, 1.54) is 0 Å². The number of hydrogen-bond acceptors (Lipinski definition) is 4. The molecule has 0 aliphatic heterocycles. The maximum Gasteiger partial charge on any atom is 0.149 e. The van der Waals surface area contributed by atoms with E-state index >= 15 is 0 Å². The van der Waals surface area contributed by atoms with Crippen LogP contribution < -0.4 is 0 Å². The van der Waals surface area contributed by atoms with E-state index in [1.54, 1.807) is 6.20 Å². The Bertz CT molecular complexity index is 2400. The van der Waals surface area contributed by atoms with Crippen LogP contribution in [0.25, 0.3) is 61.6 Å². The van der Waals surface area contributed by atoms with Gasteiger partial charge in [-0.05, 0) is 75.5 Å². The second-order valence-corrected chi connectivity index (χ2v) is 14.9. The molecular formula is C45H40N4O. The average Bonchev–Trinajstić information content (AvgIpc) is 3.50. The fourth-order valence-corrected chi connectivity index (χ4v) is 6.60. The van der Waals surface area contributed by atoms with Crippen LogP contribution in [0, 0.1) is 11.3 Å². The SMILES string of the molecule is CC(C)(C)c1cc(-c2cc(C#N)c(-c3ccccc3)cn2)cc(-c2cccc3c2nc(-c2cccc(C(C)(C)C)c2O)n3-c2ccccc2)c1. The molecule has 0 amide bonds. The summed E-state index contributed by atoms with van der Waals surface area (Å²) in [7, 11) is 0. The van der Waals surface area contributed by atoms with E-state index in [0.717, 1.165) is 61.4 Å². The minimum atomic E-state index is -0.253. The van der Waals surface area contributed by atoms with Gasteiger partial charge in [0.2, 0.25) is 0 Å². The molecule has 0 aliphatic carbocycles. The van der Waals surface area contributed by atoms with Gasteiger partial charge < -0.3 is 5.11 Å². The van der Waals surface area contributed by atoms with Crippen molar-refractivity contribution in [2.45, 2.75) is 52.4 Å². The van der Waals surface area contributed by atoms with Crippen molar-refractivity contribution in [3.8, 4) is 62.4 Å². The van der Waals surface area contributed by atoms with Gasteiger partial charge in [0.05, 0.1) is 33.9 Å². The second kappa shape index (κ2) is 12.5. The van der Waals surface area contributed by atoms with Gasteiger partial charge in [-0.1, -0.05) is 120 Å². The van der Waals surface area contributed by atoms with Crippen molar-refractivity contribution in [1.29, 1.82) is 5.26 Å². The lowest BCUT2D eigenvalue weighted by atomic mass is 9.83. The number of phenolic OH excluding ortho intramolecular Hbond substituents is 1. The number of para-hydroxylation sites is 3. The highest BCUT2D eigenvalue weighted by molar-refractivity contribution is 5.97. The third kappa shape index (κ3) is 5.95. The Morgan fingerprint density at radius 2 is 1.30 bits per heavy atom. The van der Waals surface area contributed by atoms with E-state index in [-0.39, 0.29) is 16.6 Å². The van der Waals surface area contributed by atoms with Crippen LogP contribution in [0.1, 0.15) is 58.2 Å². The predicted octanol–water partition coefficient (Wildman–Crippen LogP) is 11.3. The summed E-state index contributed by atoms with van der Waals surface area (Å²) in [6, 6.07) is 43.1. The number of aromatic nitrogens is 3. The van der Waals surface area contributed by atoms with E-state index in [0.29, 0.717) is 17.0 Å². The van der Waals surface area contributed by atoms with Gasteiger partial charge in [0.15, 0.2) is 0 Å². The third-order valence-electron chi connectivity index (χ3n) is 9.30. The number of nitriles is 1. The van der Waals surface area contributed by atoms with Crippen LogP contribution in [-0.2, 0) is 10.8 Å². The van der Waals surface area contributed by atoms with Gasteiger partial charge >= 0.3 is 0 Å². The first kappa shape index (κ1) is 32.6. The number of fused-ring (bicyclic) bond motifs is 1. The molecule has 1 N–H and O–H groups in total. The van der Waals surface area contributed by atoms with Crippen LogP contribution in [0.15, 0.2) is 128 Å². The molecule has 0 spiro atoms. The van der Waals surface area contributed by atoms with Crippen LogP contribution in [-0.4, -0.2) is 19.6 Å². The zero-order chi connectivity index (χ0) is 35.2. The minimum Gasteiger partial charge on any atom is -0.507 e. The van der Waals surface area contributed by atoms with Crippen LogP contribution in [0.4, 0.5) is 0 Å². The summed E-state index contributed by atoms with van der Waals surface area (Å²) in [6.07, 6.45) is 1.80. The Hall–Kier alpha value is -5.99. The molecule has 2 aromatic heterocycles. The zero-order valence-electron chi connectivity index (χ0n) is 29.4. The first-order chi connectivity index (χ1) is 23.9. The largest absolute Gasteiger partial charge is 0.507 e. The Morgan fingerprint density at radius 1 is 0.640 bits per heavy atom. The lowest BCUT2D eigenvalue weighted by Crippen LogP contribution is -2.11. The number of rotatable bonds is 5. The highest BCUT2D eigenvalue weighted by Gasteiger charge is 2.25. The van der Waals surface area contributed by atoms with E-state index in [4.69, 9.17) is 9.97 Å². The number of imidazole rings is 1. The van der Waals surface area contributed by atoms with Gasteiger partial charge in [-0.15, -0.1) is 0 Å². The number of pyridine rings is 1. The van der Waals surface area contributed by atoms with Crippen molar-refractivity contribution in [3.63, 3.8) is 0 Å². The highest BCUT2D eigenvalue weighted by atomic mass is 16.3. The van der Waals surface area contributed by atoms with E-state index < -0.39 is 0 Å². The summed E-state index contributed by atoms with van der Waals surface area (Å²) in [5.74, 6) is 0.913. The molecule has 0 saturated carbocycles. The second-order valence-electron chi connectivity index (χ2n) is 14.9. The molecule has 0 radical (unpaired) electrons. The smallest absolute Gasteiger partial charge is 0.149 e. The average molecular weight is 653 g/mol. The van der Waals surface area contributed by atoms with Crippen molar-refractivity contribution in [1.82, 2.24) is 14.5 Å². The highest BCUT2D eigenvalue weighted by Crippen LogP contribution is 2.42. The van der Waals surface area contributed by atoms with Gasteiger partial charge in [0.1, 0.15) is 11.6 Å². The van der Waals surface area contributed by atoms with Gasteiger partial charge in [-0.25, -0.2) is 4.98 Å². The van der Waals surface area contributed by atoms with Gasteiger partial charge in [0, 0.05) is 28.6 Å². The first-order valence-corrected chi connectivity index (χ1v) is 17.0. The topological polar surface area (TPSA) is 74.7 Å². The molecule has 0 bridgehead atoms. The fraction of sp³-hybridized carbons (Fsp3) is 0.178. The first-order valence-electron chi connectivity index (χ1n) is 17.0. The molecule has 5 heteroatoms. The summed E-state index contributed by atoms with van der Waals surface area (Å²) in [5, 5.41) is 21.9. The van der Waals surface area contributed by atoms with Gasteiger partial charge in [-0.2, -0.15) is 5.26 Å². The summed E-state index contributed by atoms with van der Waals surface area (Å²) in [4.78, 5) is 10.2. The molecule has 0 unspecified atom stereocenters. The summed E-state index contributed by atoms with van der Waals surface area (Å²) in [5.41, 5.74) is 11.0. The number of phenols is 1. The van der Waals surface area contributed by atoms with Gasteiger partial charge in [0.25, 0.3) is 0 Å². The fourth-order valence-electron chi connectivity index (χ4n) is 6.60. The molecule has 7 rings (SSSR count). The van der Waals surface area contributed by atoms with Crippen LogP contribution in [0.3, 0.4) is 0 Å². The maximum atomic E-state index is 11.7. The van der Waals surface area contributed by atoms with E-state index in [1.807, 2.05) is 72.8 Å². The summed E-state index contributed by atoms with van der Waals surface area (Å²) in [6.45, 7) is 12.9. The van der Waals surface area contributed by atoms with E-state index in [2.05, 4.69) is 101 Å². The summed E-state index contributed by atoms with van der Waals surface area (Å²) >= 11 is 0. The van der Waals surface area contributed by atoms with Crippen molar-refractivity contribution >= 4 is 11.0 Å². The molecular weight excluding hydrogens is 613 g/mol. The quantitative estimate of drug-likeness (QED) is 0.201. The molecule has 246 valence electrons. The number of nitrogens with zero attached hydrogens (tertiary/aromatic N) is 4. The monoisotopic (exact) mass is 652 g/mol. The molecule has 0 aliphatic rings. The van der Waals surface area contributed by atoms with Crippen molar-refractivity contribution in [3.05, 3.63) is 144 Å². The van der Waals surface area contributed by atoms with E-state index in [9.17, 15) is 10.4 Å². The lowest BCUT2D eigenvalue weighted by Gasteiger charge is -2.22.